The van der Waals surface area contributed by atoms with Crippen molar-refractivity contribution in [1.82, 2.24) is 0 Å². The molecule has 0 saturated heterocycles. The third-order valence-corrected chi connectivity index (χ3v) is 4.99. The molecule has 0 atom stereocenters. The topological polar surface area (TPSA) is 55.8 Å². The molecule has 0 N–H and O–H groups in total. The van der Waals surface area contributed by atoms with Crippen LogP contribution in [-0.4, -0.2) is 32.0 Å². The zero-order valence-electron chi connectivity index (χ0n) is 16.7. The van der Waals surface area contributed by atoms with Crippen molar-refractivity contribution in [1.29, 1.82) is 0 Å². The molecule has 3 rings (SSSR count). The number of anilines is 1. The first kappa shape index (κ1) is 19.7. The fourth-order valence-electron chi connectivity index (χ4n) is 3.58. The molecular weight excluding hydrogens is 354 g/mol. The molecule has 5 nitrogen and oxygen atoms in total. The number of ketones is 1. The molecule has 0 amide bonds. The number of carbonyl (C=O) groups excluding carboxylic acids is 2. The number of esters is 1. The lowest BCUT2D eigenvalue weighted by Gasteiger charge is -2.23. The number of likely N-dealkylation sites (N-methyl/N-ethyl adjacent to an activating group) is 1. The molecule has 0 bridgehead atoms. The van der Waals surface area contributed by atoms with Crippen molar-refractivity contribution in [3.05, 3.63) is 71.4 Å². The van der Waals surface area contributed by atoms with Crippen LogP contribution in [0.15, 0.2) is 60.3 Å². The maximum Gasteiger partial charge on any atom is 0.342 e. The Balaban J connectivity index is 1.72. The number of ether oxygens (including phenoxy) is 2. The molecule has 2 aromatic rings. The summed E-state index contributed by atoms with van der Waals surface area (Å²) in [6.07, 6.45) is 1.57. The molecule has 0 saturated carbocycles. The van der Waals surface area contributed by atoms with Gasteiger partial charge >= 0.3 is 5.97 Å². The molecule has 1 aliphatic heterocycles. The predicted molar refractivity (Wildman–Crippen MR) is 109 cm³/mol. The minimum atomic E-state index is -0.571. The molecule has 0 unspecified atom stereocenters. The van der Waals surface area contributed by atoms with Gasteiger partial charge < -0.3 is 14.4 Å². The molecule has 146 valence electrons. The summed E-state index contributed by atoms with van der Waals surface area (Å²) in [7, 11) is 1.94. The highest BCUT2D eigenvalue weighted by molar-refractivity contribution is 5.97. The van der Waals surface area contributed by atoms with E-state index in [0.717, 1.165) is 11.4 Å². The number of rotatable bonds is 6. The summed E-state index contributed by atoms with van der Waals surface area (Å²) < 4.78 is 10.7. The summed E-state index contributed by atoms with van der Waals surface area (Å²) >= 11 is 0. The van der Waals surface area contributed by atoms with Crippen LogP contribution in [0, 0.1) is 0 Å². The van der Waals surface area contributed by atoms with E-state index in [1.165, 1.54) is 5.56 Å². The second-order valence-corrected chi connectivity index (χ2v) is 7.20. The molecule has 0 aromatic heterocycles. The van der Waals surface area contributed by atoms with E-state index in [2.05, 4.69) is 19.9 Å². The van der Waals surface area contributed by atoms with Gasteiger partial charge in [-0.3, -0.25) is 4.79 Å². The SMILES string of the molecule is CCOc1ccccc1C(=O)OCC(=O)/C=C1/N(C)c2ccccc2C1(C)C. The van der Waals surface area contributed by atoms with Gasteiger partial charge in [-0.1, -0.05) is 44.2 Å². The largest absolute Gasteiger partial charge is 0.493 e. The molecule has 1 heterocycles. The number of nitrogens with zero attached hydrogens (tertiary/aromatic N) is 1. The average molecular weight is 379 g/mol. The Morgan fingerprint density at radius 1 is 1.07 bits per heavy atom. The Bertz CT molecular complexity index is 930. The Morgan fingerprint density at radius 2 is 1.75 bits per heavy atom. The molecule has 0 radical (unpaired) electrons. The van der Waals surface area contributed by atoms with Crippen LogP contribution in [0.1, 0.15) is 36.7 Å². The number of para-hydroxylation sites is 2. The van der Waals surface area contributed by atoms with Gasteiger partial charge in [-0.05, 0) is 30.7 Å². The first-order chi connectivity index (χ1) is 13.4. The first-order valence-corrected chi connectivity index (χ1v) is 9.33. The van der Waals surface area contributed by atoms with Crippen molar-refractivity contribution in [2.75, 3.05) is 25.2 Å². The minimum Gasteiger partial charge on any atom is -0.493 e. The lowest BCUT2D eigenvalue weighted by molar-refractivity contribution is -0.117. The van der Waals surface area contributed by atoms with Crippen molar-refractivity contribution < 1.29 is 19.1 Å². The Hall–Kier alpha value is -3.08. The zero-order chi connectivity index (χ0) is 20.3. The van der Waals surface area contributed by atoms with Gasteiger partial charge in [0.25, 0.3) is 0 Å². The van der Waals surface area contributed by atoms with Gasteiger partial charge in [0.05, 0.1) is 6.61 Å². The lowest BCUT2D eigenvalue weighted by Crippen LogP contribution is -2.25. The van der Waals surface area contributed by atoms with E-state index in [0.29, 0.717) is 17.9 Å². The van der Waals surface area contributed by atoms with Crippen LogP contribution in [-0.2, 0) is 14.9 Å². The highest BCUT2D eigenvalue weighted by Gasteiger charge is 2.38. The van der Waals surface area contributed by atoms with E-state index in [-0.39, 0.29) is 17.8 Å². The van der Waals surface area contributed by atoms with E-state index in [1.807, 2.05) is 37.1 Å². The summed E-state index contributed by atoms with van der Waals surface area (Å²) in [4.78, 5) is 26.9. The number of hydrogen-bond donors (Lipinski definition) is 0. The van der Waals surface area contributed by atoms with Gasteiger partial charge in [-0.2, -0.15) is 0 Å². The van der Waals surface area contributed by atoms with E-state index < -0.39 is 5.97 Å². The molecule has 0 spiro atoms. The van der Waals surface area contributed by atoms with Crippen LogP contribution in [0.2, 0.25) is 0 Å². The van der Waals surface area contributed by atoms with E-state index >= 15 is 0 Å². The molecule has 28 heavy (non-hydrogen) atoms. The van der Waals surface area contributed by atoms with Crippen molar-refractivity contribution in [2.24, 2.45) is 0 Å². The summed E-state index contributed by atoms with van der Waals surface area (Å²) in [5.41, 5.74) is 3.14. The van der Waals surface area contributed by atoms with Crippen LogP contribution in [0.25, 0.3) is 0 Å². The Kier molecular flexibility index (Phi) is 5.54. The smallest absolute Gasteiger partial charge is 0.342 e. The zero-order valence-corrected chi connectivity index (χ0v) is 16.7. The Labute approximate surface area is 165 Å². The second kappa shape index (κ2) is 7.89. The fraction of sp³-hybridized carbons (Fsp3) is 0.304. The third-order valence-electron chi connectivity index (χ3n) is 4.99. The summed E-state index contributed by atoms with van der Waals surface area (Å²) in [6.45, 7) is 6.13. The standard InChI is InChI=1S/C23H25NO4/c1-5-27-20-13-9-6-10-17(20)22(26)28-15-16(25)14-21-23(2,3)18-11-7-8-12-19(18)24(21)4/h6-14H,5,15H2,1-4H3/b21-14+. The van der Waals surface area contributed by atoms with Gasteiger partial charge in [-0.25, -0.2) is 4.79 Å². The van der Waals surface area contributed by atoms with Crippen LogP contribution >= 0.6 is 0 Å². The van der Waals surface area contributed by atoms with Crippen molar-refractivity contribution in [2.45, 2.75) is 26.2 Å². The molecule has 2 aromatic carbocycles. The molecule has 0 fully saturated rings. The first-order valence-electron chi connectivity index (χ1n) is 9.33. The number of benzene rings is 2. The minimum absolute atomic E-state index is 0.259. The number of hydrogen-bond acceptors (Lipinski definition) is 5. The van der Waals surface area contributed by atoms with Crippen LogP contribution in [0.4, 0.5) is 5.69 Å². The number of allylic oxidation sites excluding steroid dienone is 1. The fourth-order valence-corrected chi connectivity index (χ4v) is 3.58. The van der Waals surface area contributed by atoms with Crippen molar-refractivity contribution in [3.8, 4) is 5.75 Å². The van der Waals surface area contributed by atoms with Crippen molar-refractivity contribution in [3.63, 3.8) is 0 Å². The maximum atomic E-state index is 12.5. The predicted octanol–water partition coefficient (Wildman–Crippen LogP) is 4.12. The van der Waals surface area contributed by atoms with E-state index in [1.54, 1.807) is 30.3 Å². The van der Waals surface area contributed by atoms with Gasteiger partial charge in [0, 0.05) is 29.9 Å². The van der Waals surface area contributed by atoms with E-state index in [4.69, 9.17) is 9.47 Å². The van der Waals surface area contributed by atoms with Crippen LogP contribution in [0.3, 0.4) is 0 Å². The van der Waals surface area contributed by atoms with Gasteiger partial charge in [-0.15, -0.1) is 0 Å². The van der Waals surface area contributed by atoms with Crippen LogP contribution in [0.5, 0.6) is 5.75 Å². The van der Waals surface area contributed by atoms with Crippen LogP contribution < -0.4 is 9.64 Å². The molecule has 0 aliphatic carbocycles. The molecular formula is C23H25NO4. The van der Waals surface area contributed by atoms with Gasteiger partial charge in [0.15, 0.2) is 12.4 Å². The highest BCUT2D eigenvalue weighted by Crippen LogP contribution is 2.46. The van der Waals surface area contributed by atoms with Gasteiger partial charge in [0.1, 0.15) is 11.3 Å². The van der Waals surface area contributed by atoms with Gasteiger partial charge in [0.2, 0.25) is 0 Å². The number of fused-ring (bicyclic) bond motifs is 1. The number of carbonyl (C=O) groups is 2. The monoisotopic (exact) mass is 379 g/mol. The highest BCUT2D eigenvalue weighted by atomic mass is 16.5. The third kappa shape index (κ3) is 3.65. The molecule has 1 aliphatic rings. The lowest BCUT2D eigenvalue weighted by atomic mass is 9.83. The van der Waals surface area contributed by atoms with Crippen molar-refractivity contribution >= 4 is 17.4 Å². The quantitative estimate of drug-likeness (QED) is 0.558. The average Bonchev–Trinajstić information content (AvgIpc) is 2.88. The Morgan fingerprint density at radius 3 is 2.46 bits per heavy atom. The second-order valence-electron chi connectivity index (χ2n) is 7.20. The van der Waals surface area contributed by atoms with E-state index in [9.17, 15) is 9.59 Å². The normalized spacial score (nSPS) is 16.0. The summed E-state index contributed by atoms with van der Waals surface area (Å²) in [5, 5.41) is 0. The summed E-state index contributed by atoms with van der Waals surface area (Å²) in [5.74, 6) is -0.379. The maximum absolute atomic E-state index is 12.5. The molecule has 5 heteroatoms. The summed E-state index contributed by atoms with van der Waals surface area (Å²) in [6, 6.07) is 14.9.